The van der Waals surface area contributed by atoms with E-state index in [9.17, 15) is 0 Å². The molecule has 0 aromatic heterocycles. The van der Waals surface area contributed by atoms with Crippen LogP contribution < -0.4 is 0 Å². The number of hydrogen-bond donors (Lipinski definition) is 0. The molecule has 0 aliphatic rings. The summed E-state index contributed by atoms with van der Waals surface area (Å²) in [5.41, 5.74) is 0. The van der Waals surface area contributed by atoms with E-state index in [2.05, 4.69) is 13.5 Å². The van der Waals surface area contributed by atoms with E-state index >= 15 is 0 Å². The second kappa shape index (κ2) is 24.8. The molecule has 0 aliphatic carbocycles. The van der Waals surface area contributed by atoms with Crippen LogP contribution in [0, 0.1) is 6.92 Å². The van der Waals surface area contributed by atoms with Crippen LogP contribution in [-0.4, -0.2) is 0 Å². The molecule has 0 fully saturated rings. The maximum atomic E-state index is 3.25. The molecule has 0 aromatic rings. The summed E-state index contributed by atoms with van der Waals surface area (Å²) in [7, 11) is 0. The van der Waals surface area contributed by atoms with E-state index < -0.39 is 0 Å². The van der Waals surface area contributed by atoms with E-state index in [1.54, 1.807) is 0 Å². The van der Waals surface area contributed by atoms with Gasteiger partial charge >= 0.3 is 0 Å². The summed E-state index contributed by atoms with van der Waals surface area (Å²) in [5.74, 6) is 0. The number of allylic oxidation sites excluding steroid dienone is 1. The average molecular weight is 131 g/mol. The van der Waals surface area contributed by atoms with Crippen LogP contribution in [0.1, 0.15) is 0 Å². The van der Waals surface area contributed by atoms with E-state index in [0.717, 1.165) is 0 Å². The van der Waals surface area contributed by atoms with Gasteiger partial charge in [-0.2, -0.15) is 13.5 Å². The van der Waals surface area contributed by atoms with Gasteiger partial charge < -0.3 is 0 Å². The first-order valence-corrected chi connectivity index (χ1v) is 0.816. The monoisotopic (exact) mass is 131 g/mol. The third-order valence-electron chi connectivity index (χ3n) is 0. The molecule has 0 radical (unpaired) electrons. The number of hydrogen-bond acceptors (Lipinski definition) is 0. The van der Waals surface area contributed by atoms with E-state index in [4.69, 9.17) is 0 Å². The molecule has 0 aromatic carbocycles. The van der Waals surface area contributed by atoms with Crippen molar-refractivity contribution in [3.8, 4) is 0 Å². The first kappa shape index (κ1) is 17.9. The Hall–Kier alpha value is 0.479. The Labute approximate surface area is 50.6 Å². The fraction of sp³-hybridized carbons (Fsp3) is 0. The van der Waals surface area contributed by atoms with Gasteiger partial charge in [0.1, 0.15) is 0 Å². The first-order chi connectivity index (χ1) is 1.41. The van der Waals surface area contributed by atoms with Crippen LogP contribution in [0.5, 0.6) is 0 Å². The number of rotatable bonds is 0. The summed E-state index contributed by atoms with van der Waals surface area (Å²) in [6.45, 7) is 6.50. The Balaban J connectivity index is -0.0000000200. The molecule has 0 saturated carbocycles. The van der Waals surface area contributed by atoms with Crippen LogP contribution >= 0.6 is 13.5 Å². The second-order valence-corrected chi connectivity index (χ2v) is 0.289. The summed E-state index contributed by atoms with van der Waals surface area (Å²) >= 11 is 0. The zero-order valence-corrected chi connectivity index (χ0v) is 4.95. The molecule has 2 heteroatoms. The van der Waals surface area contributed by atoms with Crippen molar-refractivity contribution < 1.29 is 17.1 Å². The molecule has 0 rings (SSSR count). The van der Waals surface area contributed by atoms with Crippen LogP contribution in [0.15, 0.2) is 12.7 Å². The van der Waals surface area contributed by atoms with Crippen LogP contribution in [-0.2, 0) is 17.1 Å². The Morgan fingerprint density at radius 2 is 1.60 bits per heavy atom. The Morgan fingerprint density at radius 3 is 1.60 bits per heavy atom. The summed E-state index contributed by atoms with van der Waals surface area (Å²) < 4.78 is 0. The second-order valence-electron chi connectivity index (χ2n) is 0.289. The predicted octanol–water partition coefficient (Wildman–Crippen LogP) is 1.12. The molecular formula is C3H7FeS-. The average Bonchev–Trinajstić information content (AvgIpc) is 0.918. The Kier molecular flexibility index (Phi) is 88.6. The van der Waals surface area contributed by atoms with E-state index in [1.807, 2.05) is 0 Å². The van der Waals surface area contributed by atoms with Crippen molar-refractivity contribution in [3.63, 3.8) is 0 Å². The minimum absolute atomic E-state index is 0. The summed E-state index contributed by atoms with van der Waals surface area (Å²) in [4.78, 5) is 0. The molecule has 0 heterocycles. The zero-order valence-electron chi connectivity index (χ0n) is 2.85. The normalized spacial score (nSPS) is 2.40. The van der Waals surface area contributed by atoms with Gasteiger partial charge in [-0.25, -0.2) is 19.6 Å². The Morgan fingerprint density at radius 1 is 1.60 bits per heavy atom. The first-order valence-electron chi connectivity index (χ1n) is 0.816. The van der Waals surface area contributed by atoms with Gasteiger partial charge in [0.15, 0.2) is 0 Å². The third kappa shape index (κ3) is 120. The molecule has 0 nitrogen and oxygen atoms in total. The molecule has 5 heavy (non-hydrogen) atoms. The molecule has 0 N–H and O–H groups in total. The van der Waals surface area contributed by atoms with Gasteiger partial charge in [0.2, 0.25) is 0 Å². The minimum Gasteiger partial charge on any atom is -0.245 e. The van der Waals surface area contributed by atoms with Crippen molar-refractivity contribution in [2.75, 3.05) is 0 Å². The Bertz CT molecular complexity index is 14.4. The molecule has 0 saturated heterocycles. The molecule has 0 atom stereocenters. The van der Waals surface area contributed by atoms with Gasteiger partial charge in [-0.05, 0) is 0 Å². The topological polar surface area (TPSA) is 0 Å². The quantitative estimate of drug-likeness (QED) is 0.341. The maximum Gasteiger partial charge on any atom is 0 e. The van der Waals surface area contributed by atoms with Crippen molar-refractivity contribution >= 4 is 13.5 Å². The summed E-state index contributed by atoms with van der Waals surface area (Å²) in [5, 5.41) is 0. The molecule has 34 valence electrons. The van der Waals surface area contributed by atoms with Crippen molar-refractivity contribution in [2.45, 2.75) is 0 Å². The smallest absolute Gasteiger partial charge is 0 e. The van der Waals surface area contributed by atoms with Gasteiger partial charge in [-0.3, -0.25) is 0 Å². The van der Waals surface area contributed by atoms with Crippen molar-refractivity contribution in [1.29, 1.82) is 0 Å². The third-order valence-corrected chi connectivity index (χ3v) is 0. The predicted molar refractivity (Wildman–Crippen MR) is 25.9 cm³/mol. The standard InChI is InChI=1S/C3H5.Fe.H2S/c1-3-2;;/h3H,1-2H2;;1H2/q-1;;. The fourth-order valence-corrected chi connectivity index (χ4v) is 0. The van der Waals surface area contributed by atoms with Crippen molar-refractivity contribution in [1.82, 2.24) is 0 Å². The van der Waals surface area contributed by atoms with Crippen molar-refractivity contribution in [3.05, 3.63) is 19.6 Å². The largest absolute Gasteiger partial charge is 0.245 e. The molecule has 0 spiro atoms. The fourth-order valence-electron chi connectivity index (χ4n) is 0. The van der Waals surface area contributed by atoms with Crippen molar-refractivity contribution in [2.24, 2.45) is 0 Å². The van der Waals surface area contributed by atoms with Gasteiger partial charge in [0, 0.05) is 17.1 Å². The van der Waals surface area contributed by atoms with Crippen LogP contribution in [0.3, 0.4) is 0 Å². The van der Waals surface area contributed by atoms with Crippen LogP contribution in [0.4, 0.5) is 0 Å². The zero-order chi connectivity index (χ0) is 2.71. The van der Waals surface area contributed by atoms with Gasteiger partial charge in [-0.1, -0.05) is 0 Å². The molecule has 0 aliphatic heterocycles. The SMILES string of the molecule is C=C[CH2-].S.[Fe]. The van der Waals surface area contributed by atoms with E-state index in [1.165, 1.54) is 6.08 Å². The molecule has 0 amide bonds. The van der Waals surface area contributed by atoms with Gasteiger partial charge in [0.25, 0.3) is 0 Å². The van der Waals surface area contributed by atoms with E-state index in [-0.39, 0.29) is 30.6 Å². The summed E-state index contributed by atoms with van der Waals surface area (Å²) in [6, 6.07) is 0. The molecular weight excluding hydrogens is 124 g/mol. The van der Waals surface area contributed by atoms with Gasteiger partial charge in [-0.15, -0.1) is 0 Å². The van der Waals surface area contributed by atoms with Crippen LogP contribution in [0.2, 0.25) is 0 Å². The molecule has 0 unspecified atom stereocenters. The van der Waals surface area contributed by atoms with Crippen LogP contribution in [0.25, 0.3) is 0 Å². The minimum atomic E-state index is 0. The maximum absolute atomic E-state index is 3.25. The van der Waals surface area contributed by atoms with Gasteiger partial charge in [0.05, 0.1) is 0 Å². The van der Waals surface area contributed by atoms with E-state index in [0.29, 0.717) is 0 Å². The molecule has 0 bridgehead atoms. The summed E-state index contributed by atoms with van der Waals surface area (Å²) in [6.07, 6.45) is 1.50.